The Kier molecular flexibility index (Phi) is 6.39. The number of benzene rings is 2. The Morgan fingerprint density at radius 3 is 2.46 bits per heavy atom. The summed E-state index contributed by atoms with van der Waals surface area (Å²) < 4.78 is 37.9. The molecule has 0 saturated carbocycles. The second-order valence-electron chi connectivity index (χ2n) is 5.20. The largest absolute Gasteiger partial charge is 0.495 e. The van der Waals surface area contributed by atoms with Crippen molar-refractivity contribution in [2.75, 3.05) is 18.4 Å². The maximum atomic E-state index is 12.7. The second kappa shape index (κ2) is 8.16. The topological polar surface area (TPSA) is 81.7 Å². The summed E-state index contributed by atoms with van der Waals surface area (Å²) in [6, 6.07) is 7.35. The summed E-state index contributed by atoms with van der Waals surface area (Å²) in [5.41, 5.74) is 0.940. The van der Waals surface area contributed by atoms with Gasteiger partial charge < -0.3 is 9.47 Å². The molecule has 140 valence electrons. The molecule has 0 heterocycles. The van der Waals surface area contributed by atoms with Crippen molar-refractivity contribution < 1.29 is 22.7 Å². The lowest BCUT2D eigenvalue weighted by molar-refractivity contribution is 0.0525. The lowest BCUT2D eigenvalue weighted by atomic mass is 10.1. The van der Waals surface area contributed by atoms with Crippen LogP contribution in [0.25, 0.3) is 0 Å². The number of carbonyl (C=O) groups excluding carboxylic acids is 1. The molecule has 0 aliphatic heterocycles. The maximum Gasteiger partial charge on any atom is 0.338 e. The van der Waals surface area contributed by atoms with Gasteiger partial charge in [0.15, 0.2) is 0 Å². The first-order valence-corrected chi connectivity index (χ1v) is 9.78. The average molecular weight is 418 g/mol. The van der Waals surface area contributed by atoms with Crippen LogP contribution in [0.1, 0.15) is 22.8 Å². The van der Waals surface area contributed by atoms with Crippen molar-refractivity contribution in [2.45, 2.75) is 18.7 Å². The molecule has 1 N–H and O–H groups in total. The lowest BCUT2D eigenvalue weighted by Gasteiger charge is -2.15. The summed E-state index contributed by atoms with van der Waals surface area (Å²) >= 11 is 12.1. The van der Waals surface area contributed by atoms with E-state index in [9.17, 15) is 13.2 Å². The minimum Gasteiger partial charge on any atom is -0.495 e. The van der Waals surface area contributed by atoms with E-state index in [4.69, 9.17) is 32.7 Å². The van der Waals surface area contributed by atoms with Crippen LogP contribution in [0.3, 0.4) is 0 Å². The van der Waals surface area contributed by atoms with Gasteiger partial charge in [-0.15, -0.1) is 0 Å². The smallest absolute Gasteiger partial charge is 0.338 e. The third-order valence-corrected chi connectivity index (χ3v) is 5.98. The number of hydrogen-bond acceptors (Lipinski definition) is 5. The number of rotatable bonds is 6. The van der Waals surface area contributed by atoms with E-state index in [-0.39, 0.29) is 38.5 Å². The fraction of sp³-hybridized carbons (Fsp3) is 0.235. The molecule has 2 aromatic rings. The van der Waals surface area contributed by atoms with Crippen LogP contribution in [0.15, 0.2) is 35.2 Å². The Morgan fingerprint density at radius 1 is 1.15 bits per heavy atom. The van der Waals surface area contributed by atoms with Gasteiger partial charge in [-0.3, -0.25) is 4.72 Å². The maximum absolute atomic E-state index is 12.7. The van der Waals surface area contributed by atoms with Crippen LogP contribution in [0.2, 0.25) is 10.0 Å². The fourth-order valence-electron chi connectivity index (χ4n) is 2.26. The van der Waals surface area contributed by atoms with E-state index >= 15 is 0 Å². The van der Waals surface area contributed by atoms with Gasteiger partial charge in [-0.25, -0.2) is 13.2 Å². The molecule has 0 unspecified atom stereocenters. The molecule has 0 aromatic heterocycles. The van der Waals surface area contributed by atoms with Gasteiger partial charge in [0.2, 0.25) is 0 Å². The monoisotopic (exact) mass is 417 g/mol. The summed E-state index contributed by atoms with van der Waals surface area (Å²) in [7, 11) is -2.65. The molecule has 0 spiro atoms. The highest BCUT2D eigenvalue weighted by molar-refractivity contribution is 7.92. The lowest BCUT2D eigenvalue weighted by Crippen LogP contribution is -2.16. The molecule has 0 saturated heterocycles. The molecule has 0 bridgehead atoms. The van der Waals surface area contributed by atoms with Gasteiger partial charge in [-0.2, -0.15) is 0 Å². The van der Waals surface area contributed by atoms with E-state index in [0.717, 1.165) is 0 Å². The SMILES string of the molecule is CCOC(=O)c1cccc(NS(=O)(=O)c2ccc(OC)c(Cl)c2Cl)c1C. The molecule has 0 amide bonds. The first-order chi connectivity index (χ1) is 12.2. The Bertz CT molecular complexity index is 944. The van der Waals surface area contributed by atoms with E-state index in [1.165, 1.54) is 25.3 Å². The molecular weight excluding hydrogens is 401 g/mol. The van der Waals surface area contributed by atoms with Crippen LogP contribution in [0.4, 0.5) is 5.69 Å². The van der Waals surface area contributed by atoms with Gasteiger partial charge in [-0.05, 0) is 43.7 Å². The van der Waals surface area contributed by atoms with E-state index < -0.39 is 16.0 Å². The zero-order valence-corrected chi connectivity index (χ0v) is 16.6. The van der Waals surface area contributed by atoms with Crippen LogP contribution < -0.4 is 9.46 Å². The third-order valence-electron chi connectivity index (χ3n) is 3.59. The first-order valence-electron chi connectivity index (χ1n) is 7.54. The summed E-state index contributed by atoms with van der Waals surface area (Å²) in [4.78, 5) is 11.8. The van der Waals surface area contributed by atoms with Gasteiger partial charge in [0.05, 0.1) is 30.0 Å². The standard InChI is InChI=1S/C17H17Cl2NO5S/c1-4-25-17(21)11-6-5-7-12(10(11)2)20-26(22,23)14-9-8-13(24-3)15(18)16(14)19/h5-9,20H,4H2,1-3H3. The second-order valence-corrected chi connectivity index (χ2v) is 7.60. The highest BCUT2D eigenvalue weighted by Gasteiger charge is 2.23. The van der Waals surface area contributed by atoms with Crippen molar-refractivity contribution in [3.05, 3.63) is 51.5 Å². The quantitative estimate of drug-likeness (QED) is 0.708. The number of anilines is 1. The molecule has 0 radical (unpaired) electrons. The number of halogens is 2. The highest BCUT2D eigenvalue weighted by atomic mass is 35.5. The van der Waals surface area contributed by atoms with Gasteiger partial charge in [-0.1, -0.05) is 29.3 Å². The van der Waals surface area contributed by atoms with Crippen LogP contribution in [0, 0.1) is 6.92 Å². The van der Waals surface area contributed by atoms with Gasteiger partial charge in [0.25, 0.3) is 10.0 Å². The number of esters is 1. The molecule has 9 heteroatoms. The molecule has 26 heavy (non-hydrogen) atoms. The zero-order valence-electron chi connectivity index (χ0n) is 14.3. The summed E-state index contributed by atoms with van der Waals surface area (Å²) in [5, 5.41) is -0.160. The van der Waals surface area contributed by atoms with Crippen LogP contribution in [-0.4, -0.2) is 28.1 Å². The van der Waals surface area contributed by atoms with Gasteiger partial charge in [0, 0.05) is 0 Å². The van der Waals surface area contributed by atoms with E-state index in [1.807, 2.05) is 0 Å². The molecule has 0 fully saturated rings. The molecular formula is C17H17Cl2NO5S. The number of methoxy groups -OCH3 is 1. The number of ether oxygens (including phenoxy) is 2. The number of hydrogen-bond donors (Lipinski definition) is 1. The Hall–Kier alpha value is -1.96. The van der Waals surface area contributed by atoms with Crippen LogP contribution in [-0.2, 0) is 14.8 Å². The fourth-order valence-corrected chi connectivity index (χ4v) is 4.22. The van der Waals surface area contributed by atoms with Crippen molar-refractivity contribution in [3.8, 4) is 5.75 Å². The molecule has 0 aliphatic carbocycles. The number of sulfonamides is 1. The van der Waals surface area contributed by atoms with Crippen molar-refractivity contribution in [3.63, 3.8) is 0 Å². The summed E-state index contributed by atoms with van der Waals surface area (Å²) in [6.45, 7) is 3.52. The summed E-state index contributed by atoms with van der Waals surface area (Å²) in [6.07, 6.45) is 0. The van der Waals surface area contributed by atoms with E-state index in [2.05, 4.69) is 4.72 Å². The molecule has 2 rings (SSSR count). The Morgan fingerprint density at radius 2 is 1.85 bits per heavy atom. The summed E-state index contributed by atoms with van der Waals surface area (Å²) in [5.74, 6) is -0.271. The van der Waals surface area contributed by atoms with Gasteiger partial charge in [0.1, 0.15) is 15.7 Å². The highest BCUT2D eigenvalue weighted by Crippen LogP contribution is 2.37. The Labute approximate surface area is 162 Å². The van der Waals surface area contributed by atoms with Crippen molar-refractivity contribution in [1.82, 2.24) is 0 Å². The van der Waals surface area contributed by atoms with Crippen molar-refractivity contribution in [1.29, 1.82) is 0 Å². The molecule has 2 aromatic carbocycles. The van der Waals surface area contributed by atoms with E-state index in [1.54, 1.807) is 26.0 Å². The Balaban J connectivity index is 2.44. The van der Waals surface area contributed by atoms with Gasteiger partial charge >= 0.3 is 5.97 Å². The third kappa shape index (κ3) is 4.06. The average Bonchev–Trinajstić information content (AvgIpc) is 2.59. The number of carbonyl (C=O) groups is 1. The zero-order chi connectivity index (χ0) is 19.5. The minimum atomic E-state index is -4.04. The van der Waals surface area contributed by atoms with Crippen LogP contribution >= 0.6 is 23.2 Å². The number of nitrogens with one attached hydrogen (secondary N) is 1. The molecule has 0 atom stereocenters. The molecule has 0 aliphatic rings. The predicted octanol–water partition coefficient (Wildman–Crippen LogP) is 4.29. The normalized spacial score (nSPS) is 11.1. The van der Waals surface area contributed by atoms with E-state index in [0.29, 0.717) is 5.56 Å². The molecule has 6 nitrogen and oxygen atoms in total. The first kappa shape index (κ1) is 20.4. The van der Waals surface area contributed by atoms with Crippen molar-refractivity contribution >= 4 is 44.9 Å². The minimum absolute atomic E-state index is 0.00552. The van der Waals surface area contributed by atoms with Crippen LogP contribution in [0.5, 0.6) is 5.75 Å². The predicted molar refractivity (Wildman–Crippen MR) is 101 cm³/mol. The van der Waals surface area contributed by atoms with Crippen molar-refractivity contribution in [2.24, 2.45) is 0 Å².